The highest BCUT2D eigenvalue weighted by atomic mass is 16.5. The Hall–Kier alpha value is -3.55. The fourth-order valence-corrected chi connectivity index (χ4v) is 3.13. The van der Waals surface area contributed by atoms with Crippen LogP contribution < -0.4 is 0 Å². The molecule has 26 heavy (non-hydrogen) atoms. The SMILES string of the molecule is O=C(c1cc(-c2cccnc2)on1)N1CC(c2nnc3ccccn23)C1. The van der Waals surface area contributed by atoms with Crippen molar-refractivity contribution in [1.82, 2.24) is 29.6 Å². The number of amides is 1. The molecule has 4 aromatic heterocycles. The zero-order valence-electron chi connectivity index (χ0n) is 13.7. The number of pyridine rings is 2. The van der Waals surface area contributed by atoms with Crippen LogP contribution in [0.3, 0.4) is 0 Å². The topological polar surface area (TPSA) is 89.4 Å². The molecule has 5 rings (SSSR count). The molecule has 0 atom stereocenters. The number of likely N-dealkylation sites (tertiary alicyclic amines) is 1. The third-order valence-electron chi connectivity index (χ3n) is 4.55. The molecule has 8 heteroatoms. The van der Waals surface area contributed by atoms with Crippen molar-refractivity contribution in [2.75, 3.05) is 13.1 Å². The molecule has 0 aliphatic carbocycles. The molecule has 0 aromatic carbocycles. The lowest BCUT2D eigenvalue weighted by Gasteiger charge is -2.37. The standard InChI is InChI=1S/C18H14N6O2/c25-18(14-8-15(26-22-14)12-4-3-6-19-9-12)23-10-13(11-23)17-21-20-16-5-1-2-7-24(16)17/h1-9,13H,10-11H2. The molecule has 0 radical (unpaired) electrons. The van der Waals surface area contributed by atoms with Crippen LogP contribution in [0.1, 0.15) is 22.2 Å². The molecule has 0 spiro atoms. The molecule has 4 aromatic rings. The van der Waals surface area contributed by atoms with Gasteiger partial charge in [-0.05, 0) is 24.3 Å². The average Bonchev–Trinajstić information content (AvgIpc) is 3.29. The predicted octanol–water partition coefficient (Wildman–Crippen LogP) is 2.02. The van der Waals surface area contributed by atoms with Gasteiger partial charge in [0.25, 0.3) is 5.91 Å². The minimum absolute atomic E-state index is 0.144. The highest BCUT2D eigenvalue weighted by molar-refractivity contribution is 5.93. The lowest BCUT2D eigenvalue weighted by Crippen LogP contribution is -2.49. The van der Waals surface area contributed by atoms with E-state index in [4.69, 9.17) is 4.52 Å². The van der Waals surface area contributed by atoms with Gasteiger partial charge in [0.05, 0.1) is 5.92 Å². The Morgan fingerprint density at radius 3 is 2.92 bits per heavy atom. The quantitative estimate of drug-likeness (QED) is 0.564. The number of rotatable bonds is 3. The maximum Gasteiger partial charge on any atom is 0.276 e. The minimum Gasteiger partial charge on any atom is -0.355 e. The summed E-state index contributed by atoms with van der Waals surface area (Å²) in [6.07, 6.45) is 5.29. The largest absolute Gasteiger partial charge is 0.355 e. The Balaban J connectivity index is 1.31. The van der Waals surface area contributed by atoms with Crippen molar-refractivity contribution in [2.45, 2.75) is 5.92 Å². The maximum absolute atomic E-state index is 12.6. The van der Waals surface area contributed by atoms with Crippen LogP contribution in [0.2, 0.25) is 0 Å². The second kappa shape index (κ2) is 5.76. The van der Waals surface area contributed by atoms with Gasteiger partial charge >= 0.3 is 0 Å². The van der Waals surface area contributed by atoms with Crippen molar-refractivity contribution < 1.29 is 9.32 Å². The van der Waals surface area contributed by atoms with E-state index in [0.29, 0.717) is 24.5 Å². The fraction of sp³-hybridized carbons (Fsp3) is 0.167. The highest BCUT2D eigenvalue weighted by Crippen LogP contribution is 2.28. The Morgan fingerprint density at radius 2 is 2.08 bits per heavy atom. The number of carbonyl (C=O) groups excluding carboxylic acids is 1. The summed E-state index contributed by atoms with van der Waals surface area (Å²) in [7, 11) is 0. The van der Waals surface area contributed by atoms with Crippen LogP contribution in [0, 0.1) is 0 Å². The molecular weight excluding hydrogens is 332 g/mol. The van der Waals surface area contributed by atoms with Crippen LogP contribution in [-0.4, -0.2) is 48.6 Å². The molecule has 8 nitrogen and oxygen atoms in total. The summed E-state index contributed by atoms with van der Waals surface area (Å²) in [5.74, 6) is 1.43. The zero-order valence-corrected chi connectivity index (χ0v) is 13.7. The van der Waals surface area contributed by atoms with Gasteiger partial charge in [-0.1, -0.05) is 11.2 Å². The number of carbonyl (C=O) groups is 1. The van der Waals surface area contributed by atoms with Crippen LogP contribution >= 0.6 is 0 Å². The number of fused-ring (bicyclic) bond motifs is 1. The van der Waals surface area contributed by atoms with Gasteiger partial charge in [0.2, 0.25) is 0 Å². The van der Waals surface area contributed by atoms with E-state index in [1.807, 2.05) is 40.9 Å². The molecule has 0 N–H and O–H groups in total. The van der Waals surface area contributed by atoms with Crippen molar-refractivity contribution in [3.8, 4) is 11.3 Å². The van der Waals surface area contributed by atoms with Crippen LogP contribution in [0.15, 0.2) is 59.5 Å². The Morgan fingerprint density at radius 1 is 1.15 bits per heavy atom. The summed E-state index contributed by atoms with van der Waals surface area (Å²) in [6.45, 7) is 1.17. The van der Waals surface area contributed by atoms with E-state index >= 15 is 0 Å². The van der Waals surface area contributed by atoms with Crippen molar-refractivity contribution in [2.24, 2.45) is 0 Å². The van der Waals surface area contributed by atoms with E-state index in [1.54, 1.807) is 23.4 Å². The summed E-state index contributed by atoms with van der Waals surface area (Å²) >= 11 is 0. The van der Waals surface area contributed by atoms with E-state index in [-0.39, 0.29) is 11.8 Å². The minimum atomic E-state index is -0.144. The smallest absolute Gasteiger partial charge is 0.276 e. The number of aromatic nitrogens is 5. The summed E-state index contributed by atoms with van der Waals surface area (Å²) in [6, 6.07) is 11.1. The lowest BCUT2D eigenvalue weighted by molar-refractivity contribution is 0.0583. The molecule has 1 amide bonds. The molecule has 1 aliphatic heterocycles. The van der Waals surface area contributed by atoms with Gasteiger partial charge in [-0.2, -0.15) is 0 Å². The van der Waals surface area contributed by atoms with Crippen LogP contribution in [-0.2, 0) is 0 Å². The van der Waals surface area contributed by atoms with E-state index in [0.717, 1.165) is 17.0 Å². The molecule has 128 valence electrons. The Kier molecular flexibility index (Phi) is 3.27. The zero-order chi connectivity index (χ0) is 17.5. The number of hydrogen-bond donors (Lipinski definition) is 0. The van der Waals surface area contributed by atoms with Gasteiger partial charge in [0.1, 0.15) is 5.82 Å². The third-order valence-corrected chi connectivity index (χ3v) is 4.55. The number of hydrogen-bond acceptors (Lipinski definition) is 6. The third kappa shape index (κ3) is 2.34. The Bertz CT molecular complexity index is 1080. The molecule has 0 unspecified atom stereocenters. The molecule has 1 aliphatic rings. The average molecular weight is 346 g/mol. The van der Waals surface area contributed by atoms with E-state index in [1.165, 1.54) is 0 Å². The number of nitrogens with zero attached hydrogens (tertiary/aromatic N) is 6. The van der Waals surface area contributed by atoms with Crippen molar-refractivity contribution in [3.05, 3.63) is 66.5 Å². The summed E-state index contributed by atoms with van der Waals surface area (Å²) in [5, 5.41) is 12.3. The predicted molar refractivity (Wildman–Crippen MR) is 91.4 cm³/mol. The summed E-state index contributed by atoms with van der Waals surface area (Å²) < 4.78 is 7.24. The van der Waals surface area contributed by atoms with Gasteiger partial charge < -0.3 is 9.42 Å². The molecule has 1 saturated heterocycles. The Labute approximate surface area is 148 Å². The van der Waals surface area contributed by atoms with Crippen LogP contribution in [0.4, 0.5) is 0 Å². The van der Waals surface area contributed by atoms with Gasteiger partial charge in [-0.25, -0.2) is 0 Å². The second-order valence-electron chi connectivity index (χ2n) is 6.21. The molecule has 1 fully saturated rings. The van der Waals surface area contributed by atoms with Crippen LogP contribution in [0.5, 0.6) is 0 Å². The maximum atomic E-state index is 12.6. The first-order valence-corrected chi connectivity index (χ1v) is 8.25. The van der Waals surface area contributed by atoms with Gasteiger partial charge in [-0.3, -0.25) is 14.2 Å². The molecule has 0 saturated carbocycles. The van der Waals surface area contributed by atoms with Crippen molar-refractivity contribution in [3.63, 3.8) is 0 Å². The summed E-state index contributed by atoms with van der Waals surface area (Å²) in [5.41, 5.74) is 1.90. The lowest BCUT2D eigenvalue weighted by atomic mass is 9.98. The van der Waals surface area contributed by atoms with Crippen molar-refractivity contribution in [1.29, 1.82) is 0 Å². The van der Waals surface area contributed by atoms with Gasteiger partial charge in [0, 0.05) is 43.3 Å². The molecular formula is C18H14N6O2. The van der Waals surface area contributed by atoms with E-state index < -0.39 is 0 Å². The second-order valence-corrected chi connectivity index (χ2v) is 6.21. The summed E-state index contributed by atoms with van der Waals surface area (Å²) in [4.78, 5) is 18.4. The van der Waals surface area contributed by atoms with E-state index in [9.17, 15) is 4.79 Å². The first-order chi connectivity index (χ1) is 12.8. The monoisotopic (exact) mass is 346 g/mol. The van der Waals surface area contributed by atoms with E-state index in [2.05, 4.69) is 20.3 Å². The van der Waals surface area contributed by atoms with Gasteiger partial charge in [-0.15, -0.1) is 10.2 Å². The molecule has 5 heterocycles. The normalized spacial score (nSPS) is 14.5. The van der Waals surface area contributed by atoms with Gasteiger partial charge in [0.15, 0.2) is 17.1 Å². The first kappa shape index (κ1) is 14.8. The first-order valence-electron chi connectivity index (χ1n) is 8.25. The van der Waals surface area contributed by atoms with Crippen LogP contribution in [0.25, 0.3) is 17.0 Å². The van der Waals surface area contributed by atoms with Crippen molar-refractivity contribution >= 4 is 11.6 Å². The highest BCUT2D eigenvalue weighted by Gasteiger charge is 2.36. The fourth-order valence-electron chi connectivity index (χ4n) is 3.13. The molecule has 0 bridgehead atoms.